The molecule has 0 aliphatic rings. The highest BCUT2D eigenvalue weighted by atomic mass is 79.9. The van der Waals surface area contributed by atoms with Gasteiger partial charge >= 0.3 is 5.97 Å². The van der Waals surface area contributed by atoms with E-state index in [0.29, 0.717) is 4.47 Å². The molecule has 1 atom stereocenters. The van der Waals surface area contributed by atoms with Gasteiger partial charge in [-0.15, -0.1) is 0 Å². The van der Waals surface area contributed by atoms with Crippen LogP contribution >= 0.6 is 15.9 Å². The lowest BCUT2D eigenvalue weighted by atomic mass is 10.2. The predicted molar refractivity (Wildman–Crippen MR) is 72.0 cm³/mol. The highest BCUT2D eigenvalue weighted by Gasteiger charge is 2.24. The Labute approximate surface area is 121 Å². The van der Waals surface area contributed by atoms with Crippen molar-refractivity contribution in [2.75, 3.05) is 0 Å². The number of halogens is 2. The van der Waals surface area contributed by atoms with E-state index < -0.39 is 29.6 Å². The molecule has 8 heteroatoms. The van der Waals surface area contributed by atoms with Crippen LogP contribution in [0.1, 0.15) is 23.8 Å². The summed E-state index contributed by atoms with van der Waals surface area (Å²) in [4.78, 5) is 26.6. The number of nitrogens with one attached hydrogen (secondary N) is 1. The van der Waals surface area contributed by atoms with Crippen LogP contribution in [-0.4, -0.2) is 32.4 Å². The Morgan fingerprint density at radius 1 is 1.55 bits per heavy atom. The van der Waals surface area contributed by atoms with Crippen LogP contribution < -0.4 is 5.32 Å². The average molecular weight is 344 g/mol. The van der Waals surface area contributed by atoms with Crippen molar-refractivity contribution in [2.24, 2.45) is 0 Å². The summed E-state index contributed by atoms with van der Waals surface area (Å²) in [5.74, 6) is -2.86. The summed E-state index contributed by atoms with van der Waals surface area (Å²) in [6.07, 6.45) is 1.63. The van der Waals surface area contributed by atoms with Gasteiger partial charge in [-0.2, -0.15) is 4.39 Å². The van der Waals surface area contributed by atoms with Gasteiger partial charge in [0.05, 0.1) is 0 Å². The summed E-state index contributed by atoms with van der Waals surface area (Å²) in [6, 6.07) is 2.13. The van der Waals surface area contributed by atoms with E-state index in [1.807, 2.05) is 0 Å². The average Bonchev–Trinajstić information content (AvgIpc) is 2.73. The van der Waals surface area contributed by atoms with E-state index in [9.17, 15) is 14.0 Å². The van der Waals surface area contributed by atoms with Gasteiger partial charge in [-0.3, -0.25) is 9.20 Å². The Morgan fingerprint density at radius 3 is 2.85 bits per heavy atom. The van der Waals surface area contributed by atoms with E-state index >= 15 is 0 Å². The highest BCUT2D eigenvalue weighted by molar-refractivity contribution is 9.10. The number of hydrogen-bond donors (Lipinski definition) is 2. The van der Waals surface area contributed by atoms with E-state index in [1.165, 1.54) is 6.20 Å². The monoisotopic (exact) mass is 343 g/mol. The molecule has 0 spiro atoms. The Hall–Kier alpha value is -1.96. The predicted octanol–water partition coefficient (Wildman–Crippen LogP) is 1.83. The summed E-state index contributed by atoms with van der Waals surface area (Å²) in [5, 5.41) is 11.1. The molecule has 0 radical (unpaired) electrons. The van der Waals surface area contributed by atoms with Crippen LogP contribution in [0.15, 0.2) is 22.8 Å². The molecule has 0 aliphatic heterocycles. The van der Waals surface area contributed by atoms with Crippen molar-refractivity contribution in [3.8, 4) is 0 Å². The number of rotatable bonds is 4. The summed E-state index contributed by atoms with van der Waals surface area (Å²) < 4.78 is 15.8. The molecule has 106 valence electrons. The van der Waals surface area contributed by atoms with Crippen molar-refractivity contribution in [3.05, 3.63) is 34.4 Å². The molecular formula is C12H11BrFN3O3. The fraction of sp³-hybridized carbons (Fsp3) is 0.250. The molecule has 0 saturated heterocycles. The molecule has 2 N–H and O–H groups in total. The van der Waals surface area contributed by atoms with Crippen LogP contribution in [0.2, 0.25) is 0 Å². The lowest BCUT2D eigenvalue weighted by molar-refractivity contribution is -0.139. The third-order valence-electron chi connectivity index (χ3n) is 2.75. The molecule has 0 unspecified atom stereocenters. The van der Waals surface area contributed by atoms with Crippen molar-refractivity contribution in [3.63, 3.8) is 0 Å². The minimum atomic E-state index is -1.17. The first-order valence-corrected chi connectivity index (χ1v) is 6.60. The lowest BCUT2D eigenvalue weighted by Gasteiger charge is -2.10. The molecule has 0 bridgehead atoms. The van der Waals surface area contributed by atoms with Crippen LogP contribution in [0.5, 0.6) is 0 Å². The lowest BCUT2D eigenvalue weighted by Crippen LogP contribution is -2.40. The van der Waals surface area contributed by atoms with E-state index in [0.717, 1.165) is 4.40 Å². The number of imidazole rings is 1. The molecule has 2 heterocycles. The van der Waals surface area contributed by atoms with Gasteiger partial charge in [-0.25, -0.2) is 9.78 Å². The minimum absolute atomic E-state index is 0.196. The van der Waals surface area contributed by atoms with E-state index in [4.69, 9.17) is 5.11 Å². The minimum Gasteiger partial charge on any atom is -0.480 e. The number of carboxylic acid groups (broad SMARTS) is 1. The molecule has 0 saturated carbocycles. The largest absolute Gasteiger partial charge is 0.480 e. The number of carbonyl (C=O) groups is 2. The third kappa shape index (κ3) is 2.64. The Morgan fingerprint density at radius 2 is 2.25 bits per heavy atom. The Bertz CT molecular complexity index is 686. The fourth-order valence-electron chi connectivity index (χ4n) is 1.70. The van der Waals surface area contributed by atoms with Crippen LogP contribution in [0.3, 0.4) is 0 Å². The van der Waals surface area contributed by atoms with Crippen molar-refractivity contribution in [1.29, 1.82) is 0 Å². The summed E-state index contributed by atoms with van der Waals surface area (Å²) in [5.41, 5.74) is -0.165. The zero-order chi connectivity index (χ0) is 14.9. The standard InChI is InChI=1S/C12H11BrFN3O3/c1-2-7(12(19)20)15-11(18)9-10(14)17-5-6(13)3-4-8(17)16-9/h3-5,7H,2H2,1H3,(H,15,18)(H,19,20)/t7-/m1/s1. The first-order valence-electron chi connectivity index (χ1n) is 5.80. The zero-order valence-corrected chi connectivity index (χ0v) is 12.0. The van der Waals surface area contributed by atoms with E-state index in [2.05, 4.69) is 26.2 Å². The summed E-state index contributed by atoms with van der Waals surface area (Å²) in [7, 11) is 0. The maximum Gasteiger partial charge on any atom is 0.326 e. The van der Waals surface area contributed by atoms with Crippen LogP contribution in [0, 0.1) is 5.95 Å². The SMILES string of the molecule is CC[C@@H](NC(=O)c1nc2ccc(Br)cn2c1F)C(=O)O. The quantitative estimate of drug-likeness (QED) is 0.886. The normalized spacial score (nSPS) is 12.3. The van der Waals surface area contributed by atoms with Crippen molar-refractivity contribution in [1.82, 2.24) is 14.7 Å². The number of carboxylic acids is 1. The summed E-state index contributed by atoms with van der Waals surface area (Å²) >= 11 is 3.19. The summed E-state index contributed by atoms with van der Waals surface area (Å²) in [6.45, 7) is 1.61. The molecule has 2 aromatic rings. The number of nitrogens with zero attached hydrogens (tertiary/aromatic N) is 2. The van der Waals surface area contributed by atoms with Crippen LogP contribution in [0.4, 0.5) is 4.39 Å². The number of fused-ring (bicyclic) bond motifs is 1. The highest BCUT2D eigenvalue weighted by Crippen LogP contribution is 2.16. The van der Waals surface area contributed by atoms with Gasteiger partial charge in [0, 0.05) is 10.7 Å². The first-order chi connectivity index (χ1) is 9.43. The molecule has 20 heavy (non-hydrogen) atoms. The maximum absolute atomic E-state index is 14.1. The molecule has 0 aliphatic carbocycles. The van der Waals surface area contributed by atoms with Gasteiger partial charge < -0.3 is 10.4 Å². The third-order valence-corrected chi connectivity index (χ3v) is 3.22. The second-order valence-corrected chi connectivity index (χ2v) is 5.01. The van der Waals surface area contributed by atoms with E-state index in [1.54, 1.807) is 19.1 Å². The number of pyridine rings is 1. The Balaban J connectivity index is 2.35. The molecule has 1 amide bonds. The number of carbonyl (C=O) groups excluding carboxylic acids is 1. The van der Waals surface area contributed by atoms with Gasteiger partial charge in [0.2, 0.25) is 5.95 Å². The number of aliphatic carboxylic acids is 1. The molecule has 6 nitrogen and oxygen atoms in total. The second-order valence-electron chi connectivity index (χ2n) is 4.10. The van der Waals surface area contributed by atoms with Crippen molar-refractivity contribution < 1.29 is 19.1 Å². The van der Waals surface area contributed by atoms with Gasteiger partial charge in [-0.1, -0.05) is 6.92 Å². The van der Waals surface area contributed by atoms with Crippen molar-refractivity contribution >= 4 is 33.5 Å². The van der Waals surface area contributed by atoms with Crippen LogP contribution in [-0.2, 0) is 4.79 Å². The van der Waals surface area contributed by atoms with Gasteiger partial charge in [0.1, 0.15) is 11.7 Å². The second kappa shape index (κ2) is 5.58. The van der Waals surface area contributed by atoms with Crippen LogP contribution in [0.25, 0.3) is 5.65 Å². The number of amides is 1. The van der Waals surface area contributed by atoms with Gasteiger partial charge in [0.25, 0.3) is 5.91 Å². The van der Waals surface area contributed by atoms with E-state index in [-0.39, 0.29) is 12.1 Å². The fourth-order valence-corrected chi connectivity index (χ4v) is 2.04. The molecule has 0 aromatic carbocycles. The number of aromatic nitrogens is 2. The van der Waals surface area contributed by atoms with Gasteiger partial charge in [0.15, 0.2) is 5.69 Å². The Kier molecular flexibility index (Phi) is 4.03. The molecule has 0 fully saturated rings. The molecule has 2 aromatic heterocycles. The van der Waals surface area contributed by atoms with Gasteiger partial charge in [-0.05, 0) is 34.5 Å². The smallest absolute Gasteiger partial charge is 0.326 e. The molecular weight excluding hydrogens is 333 g/mol. The maximum atomic E-state index is 14.1. The topological polar surface area (TPSA) is 83.7 Å². The van der Waals surface area contributed by atoms with Crippen molar-refractivity contribution in [2.45, 2.75) is 19.4 Å². The molecule has 2 rings (SSSR count). The number of hydrogen-bond acceptors (Lipinski definition) is 3. The first kappa shape index (κ1) is 14.4. The zero-order valence-electron chi connectivity index (χ0n) is 10.4.